The summed E-state index contributed by atoms with van der Waals surface area (Å²) in [5, 5.41) is 12.8. The normalized spacial score (nSPS) is 18.4. The lowest BCUT2D eigenvalue weighted by atomic mass is 10.2. The average molecular weight is 343 g/mol. The van der Waals surface area contributed by atoms with Crippen molar-refractivity contribution in [1.29, 1.82) is 0 Å². The Morgan fingerprint density at radius 3 is 2.80 bits per heavy atom. The molecule has 3 rings (SSSR count). The first kappa shape index (κ1) is 17.1. The lowest BCUT2D eigenvalue weighted by molar-refractivity contribution is -0.128. The molecule has 2 atom stereocenters. The Bertz CT molecular complexity index is 726. The van der Waals surface area contributed by atoms with Crippen molar-refractivity contribution in [3.63, 3.8) is 0 Å². The standard InChI is InChI=1S/C17H21N5O3/c1-12(22-8-3-6-19-22)16(23)20-13-4-2-5-14(10-13)21-17(24)15-11-18-7-9-25-15/h2-6,8,10,12,15,18H,7,9,11H2,1H3,(H,20,23)(H,21,24). The summed E-state index contributed by atoms with van der Waals surface area (Å²) in [6.07, 6.45) is 2.85. The highest BCUT2D eigenvalue weighted by molar-refractivity contribution is 5.97. The maximum Gasteiger partial charge on any atom is 0.254 e. The van der Waals surface area contributed by atoms with Gasteiger partial charge >= 0.3 is 0 Å². The lowest BCUT2D eigenvalue weighted by Crippen LogP contribution is -2.45. The number of anilines is 2. The second-order valence-electron chi connectivity index (χ2n) is 5.78. The number of carbonyl (C=O) groups is 2. The van der Waals surface area contributed by atoms with E-state index in [1.54, 1.807) is 54.3 Å². The average Bonchev–Trinajstić information content (AvgIpc) is 3.16. The number of hydrogen-bond acceptors (Lipinski definition) is 5. The number of nitrogens with one attached hydrogen (secondary N) is 3. The molecule has 0 saturated carbocycles. The largest absolute Gasteiger partial charge is 0.366 e. The summed E-state index contributed by atoms with van der Waals surface area (Å²) in [6, 6.07) is 8.34. The first-order valence-corrected chi connectivity index (χ1v) is 8.17. The van der Waals surface area contributed by atoms with Crippen LogP contribution in [0, 0.1) is 0 Å². The molecule has 2 amide bonds. The molecule has 3 N–H and O–H groups in total. The molecule has 1 fully saturated rings. The van der Waals surface area contributed by atoms with E-state index in [4.69, 9.17) is 4.74 Å². The Morgan fingerprint density at radius 2 is 2.12 bits per heavy atom. The first-order valence-electron chi connectivity index (χ1n) is 8.17. The predicted octanol–water partition coefficient (Wildman–Crippen LogP) is 1.01. The fraction of sp³-hybridized carbons (Fsp3) is 0.353. The molecule has 0 radical (unpaired) electrons. The zero-order valence-corrected chi connectivity index (χ0v) is 13.9. The van der Waals surface area contributed by atoms with Gasteiger partial charge in [0, 0.05) is 36.9 Å². The van der Waals surface area contributed by atoms with Gasteiger partial charge in [-0.3, -0.25) is 14.3 Å². The molecule has 8 heteroatoms. The topological polar surface area (TPSA) is 97.3 Å². The van der Waals surface area contributed by atoms with Crippen LogP contribution in [0.2, 0.25) is 0 Å². The van der Waals surface area contributed by atoms with Crippen molar-refractivity contribution in [1.82, 2.24) is 15.1 Å². The van der Waals surface area contributed by atoms with Crippen LogP contribution < -0.4 is 16.0 Å². The van der Waals surface area contributed by atoms with Gasteiger partial charge in [0.1, 0.15) is 12.1 Å². The molecule has 1 aliphatic rings. The number of rotatable bonds is 5. The van der Waals surface area contributed by atoms with E-state index in [-0.39, 0.29) is 11.8 Å². The lowest BCUT2D eigenvalue weighted by Gasteiger charge is -2.22. The molecule has 1 aliphatic heterocycles. The first-order chi connectivity index (χ1) is 12.1. The van der Waals surface area contributed by atoms with E-state index in [0.717, 1.165) is 6.54 Å². The number of morpholine rings is 1. The van der Waals surface area contributed by atoms with Crippen LogP contribution in [0.3, 0.4) is 0 Å². The van der Waals surface area contributed by atoms with Crippen LogP contribution in [-0.2, 0) is 14.3 Å². The monoisotopic (exact) mass is 343 g/mol. The van der Waals surface area contributed by atoms with Crippen molar-refractivity contribution in [2.45, 2.75) is 19.1 Å². The van der Waals surface area contributed by atoms with Gasteiger partial charge in [-0.25, -0.2) is 0 Å². The summed E-state index contributed by atoms with van der Waals surface area (Å²) in [6.45, 7) is 3.52. The Morgan fingerprint density at radius 1 is 1.32 bits per heavy atom. The van der Waals surface area contributed by atoms with Gasteiger partial charge in [-0.1, -0.05) is 6.07 Å². The third kappa shape index (κ3) is 4.43. The van der Waals surface area contributed by atoms with Gasteiger partial charge in [0.2, 0.25) is 5.91 Å². The molecule has 8 nitrogen and oxygen atoms in total. The van der Waals surface area contributed by atoms with Crippen LogP contribution in [0.1, 0.15) is 13.0 Å². The summed E-state index contributed by atoms with van der Waals surface area (Å²) in [7, 11) is 0. The fourth-order valence-corrected chi connectivity index (χ4v) is 2.51. The molecule has 0 spiro atoms. The molecule has 0 bridgehead atoms. The highest BCUT2D eigenvalue weighted by atomic mass is 16.5. The summed E-state index contributed by atoms with van der Waals surface area (Å²) < 4.78 is 7.00. The van der Waals surface area contributed by atoms with E-state index < -0.39 is 12.1 Å². The molecule has 0 aliphatic carbocycles. The molecule has 2 unspecified atom stereocenters. The molecular weight excluding hydrogens is 322 g/mol. The number of ether oxygens (including phenoxy) is 1. The number of hydrogen-bond donors (Lipinski definition) is 3. The summed E-state index contributed by atoms with van der Waals surface area (Å²) >= 11 is 0. The molecule has 132 valence electrons. The Kier molecular flexibility index (Phi) is 5.42. The van der Waals surface area contributed by atoms with E-state index in [2.05, 4.69) is 21.0 Å². The van der Waals surface area contributed by atoms with Gasteiger partial charge in [-0.15, -0.1) is 0 Å². The zero-order chi connectivity index (χ0) is 17.6. The van der Waals surface area contributed by atoms with Gasteiger partial charge < -0.3 is 20.7 Å². The van der Waals surface area contributed by atoms with Crippen LogP contribution in [0.4, 0.5) is 11.4 Å². The van der Waals surface area contributed by atoms with Crippen LogP contribution in [0.5, 0.6) is 0 Å². The quantitative estimate of drug-likeness (QED) is 0.753. The Balaban J connectivity index is 1.61. The zero-order valence-electron chi connectivity index (χ0n) is 13.9. The van der Waals surface area contributed by atoms with Crippen molar-refractivity contribution in [3.8, 4) is 0 Å². The Labute approximate surface area is 145 Å². The predicted molar refractivity (Wildman–Crippen MR) is 93.2 cm³/mol. The van der Waals surface area contributed by atoms with Crippen molar-refractivity contribution >= 4 is 23.2 Å². The molecule has 2 aromatic rings. The number of aromatic nitrogens is 2. The Hall–Kier alpha value is -2.71. The smallest absolute Gasteiger partial charge is 0.254 e. The molecule has 1 saturated heterocycles. The minimum atomic E-state index is -0.508. The third-order valence-electron chi connectivity index (χ3n) is 3.92. The van der Waals surface area contributed by atoms with Crippen molar-refractivity contribution in [3.05, 3.63) is 42.7 Å². The highest BCUT2D eigenvalue weighted by Gasteiger charge is 2.22. The molecule has 25 heavy (non-hydrogen) atoms. The number of amides is 2. The van der Waals surface area contributed by atoms with Crippen molar-refractivity contribution in [2.75, 3.05) is 30.3 Å². The van der Waals surface area contributed by atoms with E-state index in [1.807, 2.05) is 0 Å². The molecule has 2 heterocycles. The van der Waals surface area contributed by atoms with Crippen LogP contribution in [-0.4, -0.2) is 47.4 Å². The van der Waals surface area contributed by atoms with Crippen LogP contribution in [0.25, 0.3) is 0 Å². The van der Waals surface area contributed by atoms with E-state index >= 15 is 0 Å². The van der Waals surface area contributed by atoms with Gasteiger partial charge in [0.15, 0.2) is 0 Å². The van der Waals surface area contributed by atoms with Gasteiger partial charge in [0.25, 0.3) is 5.91 Å². The highest BCUT2D eigenvalue weighted by Crippen LogP contribution is 2.17. The van der Waals surface area contributed by atoms with E-state index in [1.165, 1.54) is 0 Å². The second kappa shape index (κ2) is 7.91. The molecule has 1 aromatic heterocycles. The fourth-order valence-electron chi connectivity index (χ4n) is 2.51. The second-order valence-corrected chi connectivity index (χ2v) is 5.78. The van der Waals surface area contributed by atoms with Crippen LogP contribution in [0.15, 0.2) is 42.7 Å². The maximum atomic E-state index is 12.3. The van der Waals surface area contributed by atoms with E-state index in [9.17, 15) is 9.59 Å². The summed E-state index contributed by atoms with van der Waals surface area (Å²) in [5.74, 6) is -0.396. The van der Waals surface area contributed by atoms with Crippen molar-refractivity contribution in [2.24, 2.45) is 0 Å². The minimum Gasteiger partial charge on any atom is -0.366 e. The SMILES string of the molecule is CC(C(=O)Nc1cccc(NC(=O)C2CNCCO2)c1)n1cccn1. The van der Waals surface area contributed by atoms with E-state index in [0.29, 0.717) is 24.5 Å². The van der Waals surface area contributed by atoms with Gasteiger partial charge in [0.05, 0.1) is 6.61 Å². The van der Waals surface area contributed by atoms with Crippen LogP contribution >= 0.6 is 0 Å². The number of carbonyl (C=O) groups excluding carboxylic acids is 2. The number of benzene rings is 1. The van der Waals surface area contributed by atoms with Crippen molar-refractivity contribution < 1.29 is 14.3 Å². The summed E-state index contributed by atoms with van der Waals surface area (Å²) in [5.41, 5.74) is 1.20. The summed E-state index contributed by atoms with van der Waals surface area (Å²) in [4.78, 5) is 24.5. The maximum absolute atomic E-state index is 12.3. The number of nitrogens with zero attached hydrogens (tertiary/aromatic N) is 2. The molecule has 1 aromatic carbocycles. The minimum absolute atomic E-state index is 0.188. The molecular formula is C17H21N5O3. The third-order valence-corrected chi connectivity index (χ3v) is 3.92. The van der Waals surface area contributed by atoms with Gasteiger partial charge in [-0.2, -0.15) is 5.10 Å². The van der Waals surface area contributed by atoms with Gasteiger partial charge in [-0.05, 0) is 31.2 Å².